The van der Waals surface area contributed by atoms with Gasteiger partial charge >= 0.3 is 0 Å². The number of nitrogens with two attached hydrogens (primary N) is 1. The molecule has 0 spiro atoms. The molecule has 1 unspecified atom stereocenters. The lowest BCUT2D eigenvalue weighted by molar-refractivity contribution is -0.119. The normalized spacial score (nSPS) is 12.8. The largest absolute Gasteiger partial charge is 0.327 e. The predicted molar refractivity (Wildman–Crippen MR) is 67.6 cm³/mol. The van der Waals surface area contributed by atoms with Crippen molar-refractivity contribution >= 4 is 17.4 Å². The van der Waals surface area contributed by atoms with E-state index in [4.69, 9.17) is 17.3 Å². The molecule has 0 fully saturated rings. The lowest BCUT2D eigenvalue weighted by Gasteiger charge is -2.14. The Balaban J connectivity index is 2.65. The van der Waals surface area contributed by atoms with Crippen LogP contribution >= 0.6 is 11.6 Å². The van der Waals surface area contributed by atoms with Crippen molar-refractivity contribution in [3.8, 4) is 0 Å². The van der Waals surface area contributed by atoms with Crippen LogP contribution < -0.4 is 5.73 Å². The van der Waals surface area contributed by atoms with Crippen LogP contribution in [0.4, 0.5) is 4.39 Å². The third-order valence-corrected chi connectivity index (χ3v) is 2.95. The summed E-state index contributed by atoms with van der Waals surface area (Å²) in [5.74, 6) is -0.226. The zero-order valence-corrected chi connectivity index (χ0v) is 10.8. The van der Waals surface area contributed by atoms with E-state index >= 15 is 0 Å². The molecule has 0 aliphatic heterocycles. The van der Waals surface area contributed by atoms with E-state index in [0.717, 1.165) is 0 Å². The van der Waals surface area contributed by atoms with Crippen LogP contribution in [0, 0.1) is 11.7 Å². The number of ketones is 1. The van der Waals surface area contributed by atoms with Crippen molar-refractivity contribution in [1.29, 1.82) is 0 Å². The van der Waals surface area contributed by atoms with Gasteiger partial charge in [0.1, 0.15) is 11.6 Å². The zero-order valence-electron chi connectivity index (χ0n) is 10.0. The average Bonchev–Trinajstić information content (AvgIpc) is 2.23. The summed E-state index contributed by atoms with van der Waals surface area (Å²) in [6, 6.07) is 4.04. The van der Waals surface area contributed by atoms with E-state index in [1.807, 2.05) is 13.8 Å². The summed E-state index contributed by atoms with van der Waals surface area (Å²) in [5, 5.41) is 0.433. The van der Waals surface area contributed by atoms with E-state index in [9.17, 15) is 9.18 Å². The van der Waals surface area contributed by atoms with E-state index in [0.29, 0.717) is 10.6 Å². The summed E-state index contributed by atoms with van der Waals surface area (Å²) >= 11 is 5.75. The van der Waals surface area contributed by atoms with Gasteiger partial charge in [-0.05, 0) is 29.7 Å². The van der Waals surface area contributed by atoms with E-state index in [1.165, 1.54) is 18.2 Å². The fraction of sp³-hybridized carbons (Fsp3) is 0.462. The monoisotopic (exact) mass is 257 g/mol. The molecule has 94 valence electrons. The quantitative estimate of drug-likeness (QED) is 0.881. The van der Waals surface area contributed by atoms with Crippen molar-refractivity contribution in [2.75, 3.05) is 0 Å². The maximum atomic E-state index is 13.4. The van der Waals surface area contributed by atoms with E-state index in [1.54, 1.807) is 0 Å². The van der Waals surface area contributed by atoms with Gasteiger partial charge in [-0.1, -0.05) is 25.4 Å². The Morgan fingerprint density at radius 2 is 2.12 bits per heavy atom. The minimum atomic E-state index is -0.402. The van der Waals surface area contributed by atoms with Crippen LogP contribution in [0.25, 0.3) is 0 Å². The van der Waals surface area contributed by atoms with Crippen molar-refractivity contribution < 1.29 is 9.18 Å². The Bertz CT molecular complexity index is 406. The lowest BCUT2D eigenvalue weighted by atomic mass is 9.96. The number of carbonyl (C=O) groups excluding carboxylic acids is 1. The highest BCUT2D eigenvalue weighted by Crippen LogP contribution is 2.16. The molecule has 0 aliphatic carbocycles. The Hall–Kier alpha value is -0.930. The van der Waals surface area contributed by atoms with Crippen LogP contribution in [0.3, 0.4) is 0 Å². The smallest absolute Gasteiger partial charge is 0.138 e. The van der Waals surface area contributed by atoms with Crippen LogP contribution in [0.15, 0.2) is 18.2 Å². The SMILES string of the molecule is CC(C)C(N)CC(=O)Cc1cc(Cl)ccc1F. The molecule has 17 heavy (non-hydrogen) atoms. The average molecular weight is 258 g/mol. The highest BCUT2D eigenvalue weighted by atomic mass is 35.5. The zero-order chi connectivity index (χ0) is 13.0. The van der Waals surface area contributed by atoms with E-state index < -0.39 is 5.82 Å². The Morgan fingerprint density at radius 1 is 1.47 bits per heavy atom. The number of hydrogen-bond donors (Lipinski definition) is 1. The third kappa shape index (κ3) is 4.44. The molecule has 2 nitrogen and oxygen atoms in total. The summed E-state index contributed by atoms with van der Waals surface area (Å²) in [6.45, 7) is 3.91. The molecule has 1 aromatic carbocycles. The molecule has 0 amide bonds. The molecule has 0 saturated heterocycles. The second-order valence-electron chi connectivity index (χ2n) is 4.56. The Morgan fingerprint density at radius 3 is 2.71 bits per heavy atom. The van der Waals surface area contributed by atoms with Crippen LogP contribution in [0.5, 0.6) is 0 Å². The minimum Gasteiger partial charge on any atom is -0.327 e. The van der Waals surface area contributed by atoms with E-state index in [-0.39, 0.29) is 30.6 Å². The summed E-state index contributed by atoms with van der Waals surface area (Å²) in [4.78, 5) is 11.7. The standard InChI is InChI=1S/C13H17ClFNO/c1-8(2)13(16)7-11(17)6-9-5-10(14)3-4-12(9)15/h3-5,8,13H,6-7,16H2,1-2H3. The van der Waals surface area contributed by atoms with Gasteiger partial charge in [0, 0.05) is 23.9 Å². The number of rotatable bonds is 5. The molecule has 1 aromatic rings. The number of hydrogen-bond acceptors (Lipinski definition) is 2. The minimum absolute atomic E-state index is 0.0484. The highest BCUT2D eigenvalue weighted by Gasteiger charge is 2.15. The summed E-state index contributed by atoms with van der Waals surface area (Å²) < 4.78 is 13.4. The van der Waals surface area contributed by atoms with E-state index in [2.05, 4.69) is 0 Å². The van der Waals surface area contributed by atoms with Crippen molar-refractivity contribution in [1.82, 2.24) is 0 Å². The first-order chi connectivity index (χ1) is 7.90. The number of carbonyl (C=O) groups is 1. The van der Waals surface area contributed by atoms with Gasteiger partial charge in [0.2, 0.25) is 0 Å². The second-order valence-corrected chi connectivity index (χ2v) is 5.00. The highest BCUT2D eigenvalue weighted by molar-refractivity contribution is 6.30. The first-order valence-electron chi connectivity index (χ1n) is 5.61. The molecule has 0 heterocycles. The molecule has 0 radical (unpaired) electrons. The molecule has 4 heteroatoms. The van der Waals surface area contributed by atoms with Crippen molar-refractivity contribution in [2.24, 2.45) is 11.7 Å². The second kappa shape index (κ2) is 6.12. The molecule has 2 N–H and O–H groups in total. The van der Waals surface area contributed by atoms with Gasteiger partial charge in [-0.25, -0.2) is 4.39 Å². The van der Waals surface area contributed by atoms with Crippen LogP contribution in [0.2, 0.25) is 5.02 Å². The molecule has 0 bridgehead atoms. The fourth-order valence-corrected chi connectivity index (χ4v) is 1.66. The van der Waals surface area contributed by atoms with Gasteiger partial charge in [-0.15, -0.1) is 0 Å². The van der Waals surface area contributed by atoms with Gasteiger partial charge in [0.15, 0.2) is 0 Å². The molecular weight excluding hydrogens is 241 g/mol. The number of halogens is 2. The summed E-state index contributed by atoms with van der Waals surface area (Å²) in [5.41, 5.74) is 6.13. The Labute approximate surface area is 106 Å². The van der Waals surface area contributed by atoms with Crippen LogP contribution in [-0.4, -0.2) is 11.8 Å². The Kier molecular flexibility index (Phi) is 5.09. The summed E-state index contributed by atoms with van der Waals surface area (Å²) in [6.07, 6.45) is 0.316. The van der Waals surface area contributed by atoms with Crippen LogP contribution in [-0.2, 0) is 11.2 Å². The molecule has 1 atom stereocenters. The van der Waals surface area contributed by atoms with Gasteiger partial charge in [-0.2, -0.15) is 0 Å². The maximum Gasteiger partial charge on any atom is 0.138 e. The van der Waals surface area contributed by atoms with Gasteiger partial charge < -0.3 is 5.73 Å². The molecule has 0 saturated carbocycles. The lowest BCUT2D eigenvalue weighted by Crippen LogP contribution is -2.29. The van der Waals surface area contributed by atoms with Crippen molar-refractivity contribution in [3.63, 3.8) is 0 Å². The predicted octanol–water partition coefficient (Wildman–Crippen LogP) is 2.96. The van der Waals surface area contributed by atoms with Crippen molar-refractivity contribution in [3.05, 3.63) is 34.6 Å². The molecule has 1 rings (SSSR count). The number of benzene rings is 1. The first-order valence-corrected chi connectivity index (χ1v) is 5.99. The molecular formula is C13H17ClFNO. The van der Waals surface area contributed by atoms with Gasteiger partial charge in [-0.3, -0.25) is 4.79 Å². The topological polar surface area (TPSA) is 43.1 Å². The maximum absolute atomic E-state index is 13.4. The van der Waals surface area contributed by atoms with Crippen LogP contribution in [0.1, 0.15) is 25.8 Å². The number of Topliss-reactive ketones (excluding diaryl/α,β-unsaturated/α-hetero) is 1. The van der Waals surface area contributed by atoms with Gasteiger partial charge in [0.05, 0.1) is 0 Å². The fourth-order valence-electron chi connectivity index (χ4n) is 1.46. The van der Waals surface area contributed by atoms with Crippen molar-refractivity contribution in [2.45, 2.75) is 32.7 Å². The molecule has 0 aliphatic rings. The summed E-state index contributed by atoms with van der Waals surface area (Å²) in [7, 11) is 0. The first kappa shape index (κ1) is 14.1. The van der Waals surface area contributed by atoms with Gasteiger partial charge in [0.25, 0.3) is 0 Å². The third-order valence-electron chi connectivity index (χ3n) is 2.72. The molecule has 0 aromatic heterocycles.